The molecule has 1 aromatic rings. The second-order valence-corrected chi connectivity index (χ2v) is 4.65. The van der Waals surface area contributed by atoms with E-state index in [9.17, 15) is 9.90 Å². The van der Waals surface area contributed by atoms with Crippen molar-refractivity contribution in [1.29, 1.82) is 0 Å². The van der Waals surface area contributed by atoms with Gasteiger partial charge in [0.05, 0.1) is 7.11 Å². The van der Waals surface area contributed by atoms with Crippen molar-refractivity contribution in [3.8, 4) is 5.75 Å². The first kappa shape index (κ1) is 14.5. The fourth-order valence-corrected chi connectivity index (χ4v) is 1.75. The fraction of sp³-hybridized carbons (Fsp3) is 0.500. The number of rotatable bonds is 7. The van der Waals surface area contributed by atoms with Gasteiger partial charge in [0.15, 0.2) is 0 Å². The van der Waals surface area contributed by atoms with Gasteiger partial charge in [0.25, 0.3) is 0 Å². The van der Waals surface area contributed by atoms with Crippen LogP contribution in [0.5, 0.6) is 5.75 Å². The number of carbonyl (C=O) groups is 1. The lowest BCUT2D eigenvalue weighted by molar-refractivity contribution is -0.139. The van der Waals surface area contributed by atoms with E-state index in [4.69, 9.17) is 4.74 Å². The van der Waals surface area contributed by atoms with Crippen LogP contribution in [0.4, 0.5) is 0 Å². The first-order valence-corrected chi connectivity index (χ1v) is 6.15. The summed E-state index contributed by atoms with van der Waals surface area (Å²) in [6.07, 6.45) is 0.943. The molecule has 4 heteroatoms. The monoisotopic (exact) mass is 251 g/mol. The van der Waals surface area contributed by atoms with Crippen LogP contribution in [0.15, 0.2) is 24.3 Å². The normalized spacial score (nSPS) is 12.4. The SMILES string of the molecule is COc1ccccc1C(NCCC(C)C)C(=O)O. The van der Waals surface area contributed by atoms with E-state index in [-0.39, 0.29) is 0 Å². The highest BCUT2D eigenvalue weighted by molar-refractivity contribution is 5.76. The lowest BCUT2D eigenvalue weighted by atomic mass is 10.0. The van der Waals surface area contributed by atoms with Gasteiger partial charge in [-0.3, -0.25) is 4.79 Å². The Labute approximate surface area is 108 Å². The molecule has 1 atom stereocenters. The molecule has 2 N–H and O–H groups in total. The summed E-state index contributed by atoms with van der Waals surface area (Å²) < 4.78 is 5.20. The summed E-state index contributed by atoms with van der Waals surface area (Å²) in [6.45, 7) is 4.90. The van der Waals surface area contributed by atoms with Crippen molar-refractivity contribution in [3.63, 3.8) is 0 Å². The zero-order valence-electron chi connectivity index (χ0n) is 11.1. The van der Waals surface area contributed by atoms with Crippen LogP contribution in [-0.4, -0.2) is 24.7 Å². The van der Waals surface area contributed by atoms with Gasteiger partial charge in [0, 0.05) is 5.56 Å². The maximum Gasteiger partial charge on any atom is 0.325 e. The van der Waals surface area contributed by atoms with Crippen molar-refractivity contribution in [2.75, 3.05) is 13.7 Å². The smallest absolute Gasteiger partial charge is 0.325 e. The van der Waals surface area contributed by atoms with Gasteiger partial charge in [-0.2, -0.15) is 0 Å². The van der Waals surface area contributed by atoms with Crippen LogP contribution < -0.4 is 10.1 Å². The lowest BCUT2D eigenvalue weighted by Gasteiger charge is -2.18. The van der Waals surface area contributed by atoms with E-state index in [0.29, 0.717) is 23.8 Å². The molecular formula is C14H21NO3. The molecule has 4 nitrogen and oxygen atoms in total. The van der Waals surface area contributed by atoms with Crippen LogP contribution in [0.3, 0.4) is 0 Å². The van der Waals surface area contributed by atoms with Gasteiger partial charge in [0.1, 0.15) is 11.8 Å². The van der Waals surface area contributed by atoms with Gasteiger partial charge >= 0.3 is 5.97 Å². The number of carboxylic acid groups (broad SMARTS) is 1. The number of benzene rings is 1. The molecule has 1 rings (SSSR count). The molecule has 0 aliphatic carbocycles. The Balaban J connectivity index is 2.81. The number of nitrogens with one attached hydrogen (secondary N) is 1. The molecule has 0 radical (unpaired) electrons. The largest absolute Gasteiger partial charge is 0.496 e. The average molecular weight is 251 g/mol. The summed E-state index contributed by atoms with van der Waals surface area (Å²) in [5.41, 5.74) is 0.663. The zero-order chi connectivity index (χ0) is 13.5. The highest BCUT2D eigenvalue weighted by Crippen LogP contribution is 2.25. The molecule has 0 aliphatic rings. The van der Waals surface area contributed by atoms with Crippen molar-refractivity contribution in [2.45, 2.75) is 26.3 Å². The van der Waals surface area contributed by atoms with Crippen LogP contribution in [-0.2, 0) is 4.79 Å². The highest BCUT2D eigenvalue weighted by Gasteiger charge is 2.22. The van der Waals surface area contributed by atoms with Crippen LogP contribution in [0, 0.1) is 5.92 Å². The molecule has 0 saturated heterocycles. The predicted molar refractivity (Wildman–Crippen MR) is 70.8 cm³/mol. The van der Waals surface area contributed by atoms with Crippen molar-refractivity contribution in [3.05, 3.63) is 29.8 Å². The van der Waals surface area contributed by atoms with Crippen LogP contribution >= 0.6 is 0 Å². The lowest BCUT2D eigenvalue weighted by Crippen LogP contribution is -2.30. The predicted octanol–water partition coefficient (Wildman–Crippen LogP) is 2.46. The van der Waals surface area contributed by atoms with Crippen molar-refractivity contribution in [1.82, 2.24) is 5.32 Å². The Bertz CT molecular complexity index is 390. The number of para-hydroxylation sites is 1. The molecule has 0 heterocycles. The summed E-state index contributed by atoms with van der Waals surface area (Å²) in [5.74, 6) is 0.259. The zero-order valence-corrected chi connectivity index (χ0v) is 11.1. The van der Waals surface area contributed by atoms with Crippen LogP contribution in [0.25, 0.3) is 0 Å². The fourth-order valence-electron chi connectivity index (χ4n) is 1.75. The van der Waals surface area contributed by atoms with Crippen LogP contribution in [0.1, 0.15) is 31.9 Å². The molecule has 1 aromatic carbocycles. The Hall–Kier alpha value is -1.55. The summed E-state index contributed by atoms with van der Waals surface area (Å²) in [5, 5.41) is 12.4. The minimum Gasteiger partial charge on any atom is -0.496 e. The molecule has 100 valence electrons. The molecule has 18 heavy (non-hydrogen) atoms. The number of hydrogen-bond acceptors (Lipinski definition) is 3. The van der Waals surface area contributed by atoms with E-state index in [1.807, 2.05) is 12.1 Å². The Morgan fingerprint density at radius 1 is 1.39 bits per heavy atom. The van der Waals surface area contributed by atoms with E-state index in [2.05, 4.69) is 19.2 Å². The average Bonchev–Trinajstić information content (AvgIpc) is 2.34. The first-order chi connectivity index (χ1) is 8.56. The third-order valence-electron chi connectivity index (χ3n) is 2.77. The number of aliphatic carboxylic acids is 1. The Kier molecular flexibility index (Phi) is 5.65. The topological polar surface area (TPSA) is 58.6 Å². The Morgan fingerprint density at radius 2 is 2.06 bits per heavy atom. The van der Waals surface area contributed by atoms with Gasteiger partial charge in [-0.05, 0) is 24.9 Å². The maximum absolute atomic E-state index is 11.3. The highest BCUT2D eigenvalue weighted by atomic mass is 16.5. The van der Waals surface area contributed by atoms with Crippen LogP contribution in [0.2, 0.25) is 0 Å². The molecular weight excluding hydrogens is 230 g/mol. The minimum atomic E-state index is -0.886. The summed E-state index contributed by atoms with van der Waals surface area (Å²) in [4.78, 5) is 11.3. The molecule has 0 amide bonds. The summed E-state index contributed by atoms with van der Waals surface area (Å²) in [7, 11) is 1.55. The van der Waals surface area contributed by atoms with Gasteiger partial charge in [0.2, 0.25) is 0 Å². The van der Waals surface area contributed by atoms with Gasteiger partial charge in [-0.25, -0.2) is 0 Å². The van der Waals surface area contributed by atoms with Crippen molar-refractivity contribution in [2.24, 2.45) is 5.92 Å². The van der Waals surface area contributed by atoms with E-state index >= 15 is 0 Å². The first-order valence-electron chi connectivity index (χ1n) is 6.15. The second kappa shape index (κ2) is 7.01. The number of methoxy groups -OCH3 is 1. The van der Waals surface area contributed by atoms with Crippen molar-refractivity contribution < 1.29 is 14.6 Å². The van der Waals surface area contributed by atoms with E-state index < -0.39 is 12.0 Å². The molecule has 0 bridgehead atoms. The molecule has 0 spiro atoms. The molecule has 1 unspecified atom stereocenters. The van der Waals surface area contributed by atoms with Gasteiger partial charge in [-0.15, -0.1) is 0 Å². The third-order valence-corrected chi connectivity index (χ3v) is 2.77. The number of hydrogen-bond donors (Lipinski definition) is 2. The van der Waals surface area contributed by atoms with E-state index in [0.717, 1.165) is 6.42 Å². The Morgan fingerprint density at radius 3 is 2.61 bits per heavy atom. The second-order valence-electron chi connectivity index (χ2n) is 4.65. The van der Waals surface area contributed by atoms with Gasteiger partial charge in [-0.1, -0.05) is 32.0 Å². The van der Waals surface area contributed by atoms with Gasteiger partial charge < -0.3 is 15.2 Å². The molecule has 0 fully saturated rings. The standard InChI is InChI=1S/C14H21NO3/c1-10(2)8-9-15-13(14(16)17)11-6-4-5-7-12(11)18-3/h4-7,10,13,15H,8-9H2,1-3H3,(H,16,17). The van der Waals surface area contributed by atoms with Crippen molar-refractivity contribution >= 4 is 5.97 Å². The molecule has 0 aliphatic heterocycles. The number of carboxylic acids is 1. The van der Waals surface area contributed by atoms with E-state index in [1.54, 1.807) is 19.2 Å². The summed E-state index contributed by atoms with van der Waals surface area (Å²) >= 11 is 0. The summed E-state index contributed by atoms with van der Waals surface area (Å²) in [6, 6.07) is 6.47. The molecule has 0 aromatic heterocycles. The quantitative estimate of drug-likeness (QED) is 0.781. The molecule has 0 saturated carbocycles. The number of ether oxygens (including phenoxy) is 1. The van der Waals surface area contributed by atoms with E-state index in [1.165, 1.54) is 0 Å². The maximum atomic E-state index is 11.3. The minimum absolute atomic E-state index is 0.546. The third kappa shape index (κ3) is 4.04.